The number of hydrogen-bond acceptors (Lipinski definition) is 2. The molecule has 1 aromatic carbocycles. The van der Waals surface area contributed by atoms with E-state index in [0.29, 0.717) is 18.1 Å². The third-order valence-corrected chi connectivity index (χ3v) is 4.11. The summed E-state index contributed by atoms with van der Waals surface area (Å²) in [6.07, 6.45) is 1.14. The second-order valence-corrected chi connectivity index (χ2v) is 5.77. The van der Waals surface area contributed by atoms with Crippen molar-refractivity contribution in [3.05, 3.63) is 34.9 Å². The summed E-state index contributed by atoms with van der Waals surface area (Å²) in [5.74, 6) is 0. The lowest BCUT2D eigenvalue weighted by Gasteiger charge is -2.42. The standard InChI is InChI=1S/C15H23ClN2/c1-4-15(13-5-7-14(16)8-6-13)18-10-11(2)17-9-12(18)3/h5-8,11-12,15,17H,4,9-10H2,1-3H3. The lowest BCUT2D eigenvalue weighted by Crippen LogP contribution is -2.55. The van der Waals surface area contributed by atoms with Gasteiger partial charge in [0.1, 0.15) is 0 Å². The van der Waals surface area contributed by atoms with Crippen molar-refractivity contribution < 1.29 is 0 Å². The highest BCUT2D eigenvalue weighted by Crippen LogP contribution is 2.28. The molecule has 1 aliphatic heterocycles. The Bertz CT molecular complexity index is 377. The van der Waals surface area contributed by atoms with Gasteiger partial charge in [-0.2, -0.15) is 0 Å². The average molecular weight is 267 g/mol. The molecule has 2 rings (SSSR count). The van der Waals surface area contributed by atoms with Crippen molar-refractivity contribution in [2.45, 2.75) is 45.3 Å². The van der Waals surface area contributed by atoms with Crippen LogP contribution in [-0.2, 0) is 0 Å². The van der Waals surface area contributed by atoms with Gasteiger partial charge in [-0.15, -0.1) is 0 Å². The highest BCUT2D eigenvalue weighted by atomic mass is 35.5. The van der Waals surface area contributed by atoms with Crippen LogP contribution in [0.25, 0.3) is 0 Å². The fourth-order valence-corrected chi connectivity index (χ4v) is 2.96. The van der Waals surface area contributed by atoms with Crippen molar-refractivity contribution >= 4 is 11.6 Å². The van der Waals surface area contributed by atoms with E-state index >= 15 is 0 Å². The second kappa shape index (κ2) is 6.05. The molecule has 0 aromatic heterocycles. The van der Waals surface area contributed by atoms with Crippen molar-refractivity contribution in [3.8, 4) is 0 Å². The number of nitrogens with one attached hydrogen (secondary N) is 1. The van der Waals surface area contributed by atoms with Gasteiger partial charge >= 0.3 is 0 Å². The van der Waals surface area contributed by atoms with Crippen LogP contribution < -0.4 is 5.32 Å². The summed E-state index contributed by atoms with van der Waals surface area (Å²) in [4.78, 5) is 2.62. The lowest BCUT2D eigenvalue weighted by molar-refractivity contribution is 0.0921. The third kappa shape index (κ3) is 3.05. The van der Waals surface area contributed by atoms with Crippen molar-refractivity contribution in [2.75, 3.05) is 13.1 Å². The molecule has 1 heterocycles. The number of piperazine rings is 1. The molecule has 0 bridgehead atoms. The van der Waals surface area contributed by atoms with Gasteiger partial charge in [0.15, 0.2) is 0 Å². The highest BCUT2D eigenvalue weighted by molar-refractivity contribution is 6.30. The zero-order chi connectivity index (χ0) is 13.1. The quantitative estimate of drug-likeness (QED) is 0.901. The minimum absolute atomic E-state index is 0.502. The Morgan fingerprint density at radius 2 is 2.00 bits per heavy atom. The number of nitrogens with zero attached hydrogens (tertiary/aromatic N) is 1. The van der Waals surface area contributed by atoms with Crippen molar-refractivity contribution in [1.82, 2.24) is 10.2 Å². The molecule has 1 aromatic rings. The first-order valence-corrected chi connectivity index (χ1v) is 7.24. The molecule has 1 fully saturated rings. The maximum atomic E-state index is 5.97. The SMILES string of the molecule is CCC(c1ccc(Cl)cc1)N1CC(C)NCC1C. The fraction of sp³-hybridized carbons (Fsp3) is 0.600. The average Bonchev–Trinajstić information content (AvgIpc) is 2.37. The van der Waals surface area contributed by atoms with E-state index in [0.717, 1.165) is 24.5 Å². The molecule has 100 valence electrons. The second-order valence-electron chi connectivity index (χ2n) is 5.33. The summed E-state index contributed by atoms with van der Waals surface area (Å²) in [6.45, 7) is 9.01. The zero-order valence-electron chi connectivity index (χ0n) is 11.5. The molecule has 0 amide bonds. The Morgan fingerprint density at radius 3 is 2.61 bits per heavy atom. The molecule has 3 unspecified atom stereocenters. The van der Waals surface area contributed by atoms with Gasteiger partial charge in [-0.3, -0.25) is 4.90 Å². The molecule has 0 spiro atoms. The van der Waals surface area contributed by atoms with Gasteiger partial charge in [-0.25, -0.2) is 0 Å². The summed E-state index contributed by atoms with van der Waals surface area (Å²) >= 11 is 5.97. The van der Waals surface area contributed by atoms with Gasteiger partial charge in [0.25, 0.3) is 0 Å². The maximum absolute atomic E-state index is 5.97. The summed E-state index contributed by atoms with van der Waals surface area (Å²) < 4.78 is 0. The van der Waals surface area contributed by atoms with Crippen LogP contribution in [0.5, 0.6) is 0 Å². The predicted octanol–water partition coefficient (Wildman–Crippen LogP) is 3.47. The zero-order valence-corrected chi connectivity index (χ0v) is 12.2. The smallest absolute Gasteiger partial charge is 0.0406 e. The van der Waals surface area contributed by atoms with Crippen LogP contribution in [0.1, 0.15) is 38.8 Å². The lowest BCUT2D eigenvalue weighted by atomic mass is 9.99. The van der Waals surface area contributed by atoms with Gasteiger partial charge in [-0.1, -0.05) is 30.7 Å². The molecule has 3 heteroatoms. The van der Waals surface area contributed by atoms with Crippen LogP contribution in [0, 0.1) is 0 Å². The Hall–Kier alpha value is -0.570. The minimum atomic E-state index is 0.502. The van der Waals surface area contributed by atoms with Gasteiger partial charge in [0.2, 0.25) is 0 Å². The minimum Gasteiger partial charge on any atom is -0.311 e. The van der Waals surface area contributed by atoms with E-state index in [1.807, 2.05) is 12.1 Å². The van der Waals surface area contributed by atoms with Crippen LogP contribution in [0.4, 0.5) is 0 Å². The van der Waals surface area contributed by atoms with E-state index in [4.69, 9.17) is 11.6 Å². The normalized spacial score (nSPS) is 27.1. The fourth-order valence-electron chi connectivity index (χ4n) is 2.83. The Balaban J connectivity index is 2.19. The Morgan fingerprint density at radius 1 is 1.33 bits per heavy atom. The monoisotopic (exact) mass is 266 g/mol. The van der Waals surface area contributed by atoms with E-state index in [-0.39, 0.29) is 0 Å². The van der Waals surface area contributed by atoms with Gasteiger partial charge in [-0.05, 0) is 38.0 Å². The maximum Gasteiger partial charge on any atom is 0.0406 e. The van der Waals surface area contributed by atoms with E-state index < -0.39 is 0 Å². The first kappa shape index (κ1) is 13.9. The van der Waals surface area contributed by atoms with Crippen molar-refractivity contribution in [1.29, 1.82) is 0 Å². The Labute approximate surface area is 115 Å². The number of halogens is 1. The summed E-state index contributed by atoms with van der Waals surface area (Å²) in [5, 5.41) is 4.35. The molecule has 0 saturated carbocycles. The van der Waals surface area contributed by atoms with Crippen LogP contribution in [0.15, 0.2) is 24.3 Å². The van der Waals surface area contributed by atoms with E-state index in [9.17, 15) is 0 Å². The number of rotatable bonds is 3. The first-order chi connectivity index (χ1) is 8.61. The van der Waals surface area contributed by atoms with Gasteiger partial charge in [0, 0.05) is 36.2 Å². The van der Waals surface area contributed by atoms with Crippen LogP contribution >= 0.6 is 11.6 Å². The number of hydrogen-bond donors (Lipinski definition) is 1. The van der Waals surface area contributed by atoms with Crippen LogP contribution in [0.2, 0.25) is 5.02 Å². The van der Waals surface area contributed by atoms with Crippen molar-refractivity contribution in [2.24, 2.45) is 0 Å². The molecule has 2 nitrogen and oxygen atoms in total. The molecule has 3 atom stereocenters. The van der Waals surface area contributed by atoms with Gasteiger partial charge < -0.3 is 5.32 Å². The molecular weight excluding hydrogens is 244 g/mol. The Kier molecular flexibility index (Phi) is 4.66. The van der Waals surface area contributed by atoms with E-state index in [1.54, 1.807) is 0 Å². The largest absolute Gasteiger partial charge is 0.311 e. The molecule has 1 N–H and O–H groups in total. The summed E-state index contributed by atoms with van der Waals surface area (Å²) in [6, 6.07) is 9.98. The molecular formula is C15H23ClN2. The first-order valence-electron chi connectivity index (χ1n) is 6.86. The predicted molar refractivity (Wildman–Crippen MR) is 78.1 cm³/mol. The number of benzene rings is 1. The van der Waals surface area contributed by atoms with Crippen LogP contribution in [0.3, 0.4) is 0 Å². The van der Waals surface area contributed by atoms with E-state index in [1.165, 1.54) is 5.56 Å². The summed E-state index contributed by atoms with van der Waals surface area (Å²) in [7, 11) is 0. The molecule has 0 radical (unpaired) electrons. The molecule has 18 heavy (non-hydrogen) atoms. The van der Waals surface area contributed by atoms with Crippen LogP contribution in [-0.4, -0.2) is 30.1 Å². The summed E-state index contributed by atoms with van der Waals surface area (Å²) in [5.41, 5.74) is 1.38. The van der Waals surface area contributed by atoms with E-state index in [2.05, 4.69) is 43.1 Å². The topological polar surface area (TPSA) is 15.3 Å². The highest BCUT2D eigenvalue weighted by Gasteiger charge is 2.28. The molecule has 1 saturated heterocycles. The van der Waals surface area contributed by atoms with Gasteiger partial charge in [0.05, 0.1) is 0 Å². The third-order valence-electron chi connectivity index (χ3n) is 3.85. The van der Waals surface area contributed by atoms with Crippen molar-refractivity contribution in [3.63, 3.8) is 0 Å². The molecule has 1 aliphatic rings. The molecule has 0 aliphatic carbocycles.